The molecular weight excluding hydrogens is 363 g/mol. The molecule has 0 atom stereocenters. The summed E-state index contributed by atoms with van der Waals surface area (Å²) in [6, 6.07) is 12.1. The highest BCUT2D eigenvalue weighted by molar-refractivity contribution is 6.35. The standard InChI is InChI=1S/C18H14Cl2N2O3/c1-25-17(23)9-16-11-5-2-3-6-12(11)18(24)22(21-16)10-13-14(19)7-4-8-15(13)20/h2-8H,9-10H2,1H3. The summed E-state index contributed by atoms with van der Waals surface area (Å²) in [5.74, 6) is -0.432. The lowest BCUT2D eigenvalue weighted by Crippen LogP contribution is -2.26. The lowest BCUT2D eigenvalue weighted by molar-refractivity contribution is -0.139. The Morgan fingerprint density at radius 2 is 1.72 bits per heavy atom. The van der Waals surface area contributed by atoms with Crippen LogP contribution in [-0.2, 0) is 22.5 Å². The molecule has 5 nitrogen and oxygen atoms in total. The topological polar surface area (TPSA) is 61.2 Å². The number of rotatable bonds is 4. The van der Waals surface area contributed by atoms with E-state index >= 15 is 0 Å². The van der Waals surface area contributed by atoms with Crippen molar-refractivity contribution < 1.29 is 9.53 Å². The number of hydrogen-bond acceptors (Lipinski definition) is 4. The quantitative estimate of drug-likeness (QED) is 0.654. The van der Waals surface area contributed by atoms with E-state index < -0.39 is 5.97 Å². The van der Waals surface area contributed by atoms with E-state index in [4.69, 9.17) is 27.9 Å². The summed E-state index contributed by atoms with van der Waals surface area (Å²) in [6.07, 6.45) is -0.0342. The summed E-state index contributed by atoms with van der Waals surface area (Å²) in [5, 5.41) is 6.34. The van der Waals surface area contributed by atoms with Gasteiger partial charge in [0.25, 0.3) is 5.56 Å². The molecule has 3 aromatic rings. The summed E-state index contributed by atoms with van der Waals surface area (Å²) in [4.78, 5) is 24.5. The predicted octanol–water partition coefficient (Wildman–Crippen LogP) is 3.47. The van der Waals surface area contributed by atoms with Gasteiger partial charge in [-0.25, -0.2) is 4.68 Å². The maximum atomic E-state index is 12.8. The Bertz CT molecular complexity index is 995. The molecule has 0 saturated carbocycles. The molecule has 2 aromatic carbocycles. The fourth-order valence-electron chi connectivity index (χ4n) is 2.59. The minimum absolute atomic E-state index is 0.0342. The van der Waals surface area contributed by atoms with Crippen molar-refractivity contribution in [2.75, 3.05) is 7.11 Å². The predicted molar refractivity (Wildman–Crippen MR) is 97.3 cm³/mol. The second-order valence-corrected chi connectivity index (χ2v) is 6.22. The van der Waals surface area contributed by atoms with Gasteiger partial charge in [-0.1, -0.05) is 47.5 Å². The van der Waals surface area contributed by atoms with Gasteiger partial charge in [0.2, 0.25) is 0 Å². The zero-order chi connectivity index (χ0) is 18.0. The van der Waals surface area contributed by atoms with Crippen LogP contribution in [0.25, 0.3) is 10.8 Å². The van der Waals surface area contributed by atoms with Gasteiger partial charge >= 0.3 is 5.97 Å². The maximum absolute atomic E-state index is 12.8. The van der Waals surface area contributed by atoms with E-state index in [1.165, 1.54) is 11.8 Å². The molecule has 128 valence electrons. The number of esters is 1. The highest BCUT2D eigenvalue weighted by Crippen LogP contribution is 2.25. The van der Waals surface area contributed by atoms with Crippen LogP contribution in [0.1, 0.15) is 11.3 Å². The minimum Gasteiger partial charge on any atom is -0.469 e. The molecule has 7 heteroatoms. The first-order valence-corrected chi connectivity index (χ1v) is 8.25. The van der Waals surface area contributed by atoms with Gasteiger partial charge in [-0.05, 0) is 18.2 Å². The number of halogens is 2. The maximum Gasteiger partial charge on any atom is 0.311 e. The molecule has 1 heterocycles. The Morgan fingerprint density at radius 3 is 2.36 bits per heavy atom. The Labute approximate surface area is 153 Å². The van der Waals surface area contributed by atoms with Crippen LogP contribution in [0.4, 0.5) is 0 Å². The molecule has 0 fully saturated rings. The van der Waals surface area contributed by atoms with Crippen LogP contribution in [0.5, 0.6) is 0 Å². The second kappa shape index (κ2) is 7.25. The monoisotopic (exact) mass is 376 g/mol. The van der Waals surface area contributed by atoms with Crippen molar-refractivity contribution in [2.45, 2.75) is 13.0 Å². The molecule has 0 spiro atoms. The highest BCUT2D eigenvalue weighted by Gasteiger charge is 2.15. The fourth-order valence-corrected chi connectivity index (χ4v) is 3.10. The van der Waals surface area contributed by atoms with Crippen LogP contribution >= 0.6 is 23.2 Å². The summed E-state index contributed by atoms with van der Waals surface area (Å²) < 4.78 is 5.99. The number of methoxy groups -OCH3 is 1. The van der Waals surface area contributed by atoms with Crippen LogP contribution in [0.15, 0.2) is 47.3 Å². The van der Waals surface area contributed by atoms with Crippen molar-refractivity contribution in [2.24, 2.45) is 0 Å². The van der Waals surface area contributed by atoms with Crippen LogP contribution in [0, 0.1) is 0 Å². The molecule has 3 rings (SSSR count). The van der Waals surface area contributed by atoms with Crippen molar-refractivity contribution in [3.05, 3.63) is 74.1 Å². The molecule has 0 unspecified atom stereocenters. The molecule has 0 amide bonds. The third-order valence-corrected chi connectivity index (χ3v) is 4.56. The molecule has 0 saturated heterocycles. The Hall–Kier alpha value is -2.37. The number of ether oxygens (including phenoxy) is 1. The van der Waals surface area contributed by atoms with Crippen molar-refractivity contribution in [1.82, 2.24) is 9.78 Å². The van der Waals surface area contributed by atoms with Gasteiger partial charge in [-0.2, -0.15) is 5.10 Å². The molecule has 0 N–H and O–H groups in total. The SMILES string of the molecule is COC(=O)Cc1nn(Cc2c(Cl)cccc2Cl)c(=O)c2ccccc12. The molecule has 0 aliphatic carbocycles. The summed E-state index contributed by atoms with van der Waals surface area (Å²) in [5.41, 5.74) is 0.783. The lowest BCUT2D eigenvalue weighted by atomic mass is 10.1. The summed E-state index contributed by atoms with van der Waals surface area (Å²) in [7, 11) is 1.31. The van der Waals surface area contributed by atoms with Gasteiger partial charge in [0.05, 0.1) is 31.2 Å². The van der Waals surface area contributed by atoms with Crippen molar-refractivity contribution in [1.29, 1.82) is 0 Å². The van der Waals surface area contributed by atoms with Crippen LogP contribution in [0.2, 0.25) is 10.0 Å². The van der Waals surface area contributed by atoms with Gasteiger partial charge in [-0.15, -0.1) is 0 Å². The zero-order valence-electron chi connectivity index (χ0n) is 13.3. The number of carbonyl (C=O) groups excluding carboxylic acids is 1. The van der Waals surface area contributed by atoms with Gasteiger partial charge < -0.3 is 4.74 Å². The van der Waals surface area contributed by atoms with Gasteiger partial charge in [0, 0.05) is 21.0 Å². The second-order valence-electron chi connectivity index (χ2n) is 5.41. The number of nitrogens with zero attached hydrogens (tertiary/aromatic N) is 2. The molecule has 0 radical (unpaired) electrons. The van der Waals surface area contributed by atoms with Crippen LogP contribution in [-0.4, -0.2) is 22.9 Å². The first-order valence-electron chi connectivity index (χ1n) is 7.49. The van der Waals surface area contributed by atoms with E-state index in [0.29, 0.717) is 32.1 Å². The van der Waals surface area contributed by atoms with Crippen molar-refractivity contribution in [3.63, 3.8) is 0 Å². The Kier molecular flexibility index (Phi) is 5.06. The first-order chi connectivity index (χ1) is 12.0. The van der Waals surface area contributed by atoms with Crippen LogP contribution in [0.3, 0.4) is 0 Å². The smallest absolute Gasteiger partial charge is 0.311 e. The number of aromatic nitrogens is 2. The van der Waals surface area contributed by atoms with Gasteiger partial charge in [0.15, 0.2) is 0 Å². The van der Waals surface area contributed by atoms with Gasteiger partial charge in [0.1, 0.15) is 0 Å². The van der Waals surface area contributed by atoms with E-state index in [-0.39, 0.29) is 18.5 Å². The van der Waals surface area contributed by atoms with Gasteiger partial charge in [-0.3, -0.25) is 9.59 Å². The zero-order valence-corrected chi connectivity index (χ0v) is 14.8. The number of fused-ring (bicyclic) bond motifs is 1. The normalized spacial score (nSPS) is 10.8. The summed E-state index contributed by atoms with van der Waals surface area (Å²) in [6.45, 7) is 0.107. The van der Waals surface area contributed by atoms with E-state index in [9.17, 15) is 9.59 Å². The lowest BCUT2D eigenvalue weighted by Gasteiger charge is -2.12. The minimum atomic E-state index is -0.432. The molecule has 1 aromatic heterocycles. The number of carbonyl (C=O) groups is 1. The van der Waals surface area contributed by atoms with E-state index in [1.807, 2.05) is 0 Å². The summed E-state index contributed by atoms with van der Waals surface area (Å²) >= 11 is 12.4. The van der Waals surface area contributed by atoms with Crippen LogP contribution < -0.4 is 5.56 Å². The number of hydrogen-bond donors (Lipinski definition) is 0. The average Bonchev–Trinajstić information content (AvgIpc) is 2.61. The Morgan fingerprint density at radius 1 is 1.08 bits per heavy atom. The fraction of sp³-hybridized carbons (Fsp3) is 0.167. The highest BCUT2D eigenvalue weighted by atomic mass is 35.5. The molecule has 0 bridgehead atoms. The van der Waals surface area contributed by atoms with Crippen molar-refractivity contribution >= 4 is 39.9 Å². The van der Waals surface area contributed by atoms with E-state index in [2.05, 4.69) is 5.10 Å². The third-order valence-electron chi connectivity index (χ3n) is 3.85. The van der Waals surface area contributed by atoms with E-state index in [1.54, 1.807) is 42.5 Å². The van der Waals surface area contributed by atoms with Crippen molar-refractivity contribution in [3.8, 4) is 0 Å². The Balaban J connectivity index is 2.17. The molecule has 25 heavy (non-hydrogen) atoms. The molecular formula is C18H14Cl2N2O3. The average molecular weight is 377 g/mol. The first kappa shape index (κ1) is 17.5. The van der Waals surface area contributed by atoms with E-state index in [0.717, 1.165) is 0 Å². The largest absolute Gasteiger partial charge is 0.469 e. The molecule has 0 aliphatic heterocycles. The third kappa shape index (κ3) is 3.52. The molecule has 0 aliphatic rings. The number of benzene rings is 2.